The standard InChI is InChI=1S/C21H31N3O4S2/c1-15-8-7-13-23(14-15)30(27,28)20-16(2)22-24(17(20)3)29(25,26)19-11-9-18(10-12-19)21(4,5)6/h9-12,15H,7-8,13-14H2,1-6H3. The molecule has 1 fully saturated rings. The zero-order chi connectivity index (χ0) is 22.5. The van der Waals surface area contributed by atoms with Crippen LogP contribution in [0.15, 0.2) is 34.1 Å². The van der Waals surface area contributed by atoms with Crippen molar-refractivity contribution in [1.29, 1.82) is 0 Å². The molecule has 9 heteroatoms. The Balaban J connectivity index is 2.04. The lowest BCUT2D eigenvalue weighted by Crippen LogP contribution is -2.39. The van der Waals surface area contributed by atoms with Crippen LogP contribution in [0.5, 0.6) is 0 Å². The Morgan fingerprint density at radius 1 is 1.00 bits per heavy atom. The summed E-state index contributed by atoms with van der Waals surface area (Å²) in [5, 5.41) is 4.13. The maximum atomic E-state index is 13.3. The number of hydrogen-bond donors (Lipinski definition) is 0. The second-order valence-corrected chi connectivity index (χ2v) is 12.9. The molecule has 1 aromatic carbocycles. The fourth-order valence-electron chi connectivity index (χ4n) is 3.93. The highest BCUT2D eigenvalue weighted by molar-refractivity contribution is 7.90. The highest BCUT2D eigenvalue weighted by Crippen LogP contribution is 2.30. The molecule has 1 saturated heterocycles. The van der Waals surface area contributed by atoms with Gasteiger partial charge in [-0.15, -0.1) is 0 Å². The molecular weight excluding hydrogens is 422 g/mol. The second-order valence-electron chi connectivity index (χ2n) is 9.23. The van der Waals surface area contributed by atoms with Gasteiger partial charge in [-0.25, -0.2) is 8.42 Å². The summed E-state index contributed by atoms with van der Waals surface area (Å²) >= 11 is 0. The number of benzene rings is 1. The van der Waals surface area contributed by atoms with Crippen molar-refractivity contribution in [1.82, 2.24) is 13.5 Å². The average Bonchev–Trinajstić information content (AvgIpc) is 2.96. The van der Waals surface area contributed by atoms with Gasteiger partial charge in [0.05, 0.1) is 16.3 Å². The third-order valence-electron chi connectivity index (χ3n) is 5.65. The molecule has 1 unspecified atom stereocenters. The molecule has 1 aliphatic rings. The summed E-state index contributed by atoms with van der Waals surface area (Å²) in [7, 11) is -7.83. The Morgan fingerprint density at radius 3 is 2.13 bits per heavy atom. The molecule has 0 radical (unpaired) electrons. The van der Waals surface area contributed by atoms with Gasteiger partial charge in [-0.2, -0.15) is 21.9 Å². The van der Waals surface area contributed by atoms with Crippen LogP contribution in [-0.4, -0.2) is 43.4 Å². The van der Waals surface area contributed by atoms with E-state index in [1.807, 2.05) is 6.92 Å². The number of sulfonamides is 1. The van der Waals surface area contributed by atoms with Crippen LogP contribution in [-0.2, 0) is 25.5 Å². The van der Waals surface area contributed by atoms with Crippen LogP contribution in [0.1, 0.15) is 57.5 Å². The Morgan fingerprint density at radius 2 is 1.60 bits per heavy atom. The monoisotopic (exact) mass is 453 g/mol. The first kappa shape index (κ1) is 23.0. The topological polar surface area (TPSA) is 89.3 Å². The Labute approximate surface area is 180 Å². The molecule has 166 valence electrons. The van der Waals surface area contributed by atoms with E-state index < -0.39 is 20.0 Å². The third kappa shape index (κ3) is 4.07. The summed E-state index contributed by atoms with van der Waals surface area (Å²) in [6.45, 7) is 12.1. The molecule has 0 aliphatic carbocycles. The van der Waals surface area contributed by atoms with Crippen LogP contribution in [0.25, 0.3) is 0 Å². The molecule has 0 spiro atoms. The summed E-state index contributed by atoms with van der Waals surface area (Å²) in [6, 6.07) is 6.66. The number of aryl methyl sites for hydroxylation is 1. The average molecular weight is 454 g/mol. The SMILES string of the molecule is Cc1nn(S(=O)(=O)c2ccc(C(C)(C)C)cc2)c(C)c1S(=O)(=O)N1CCCC(C)C1. The molecule has 3 rings (SSSR count). The molecule has 7 nitrogen and oxygen atoms in total. The van der Waals surface area contributed by atoms with E-state index in [0.717, 1.165) is 22.5 Å². The van der Waals surface area contributed by atoms with Crippen molar-refractivity contribution in [2.75, 3.05) is 13.1 Å². The lowest BCUT2D eigenvalue weighted by molar-refractivity contribution is 0.281. The van der Waals surface area contributed by atoms with E-state index in [-0.39, 0.29) is 32.5 Å². The minimum Gasteiger partial charge on any atom is -0.207 e. The second kappa shape index (κ2) is 7.76. The van der Waals surface area contributed by atoms with E-state index in [1.54, 1.807) is 31.2 Å². The van der Waals surface area contributed by atoms with Crippen molar-refractivity contribution in [3.05, 3.63) is 41.2 Å². The molecule has 0 amide bonds. The fraction of sp³-hybridized carbons (Fsp3) is 0.571. The van der Waals surface area contributed by atoms with Gasteiger partial charge in [-0.1, -0.05) is 39.8 Å². The van der Waals surface area contributed by atoms with Gasteiger partial charge in [0.1, 0.15) is 4.90 Å². The zero-order valence-corrected chi connectivity index (χ0v) is 20.1. The minimum atomic E-state index is -4.01. The van der Waals surface area contributed by atoms with Crippen LogP contribution >= 0.6 is 0 Å². The minimum absolute atomic E-state index is 0.00788. The van der Waals surface area contributed by atoms with Gasteiger partial charge >= 0.3 is 0 Å². The Kier molecular flexibility index (Phi) is 5.94. The van der Waals surface area contributed by atoms with Crippen molar-refractivity contribution in [2.24, 2.45) is 5.92 Å². The van der Waals surface area contributed by atoms with Crippen molar-refractivity contribution in [3.8, 4) is 0 Å². The molecule has 0 bridgehead atoms. The molecule has 0 saturated carbocycles. The summed E-state index contributed by atoms with van der Waals surface area (Å²) in [5.74, 6) is 0.272. The van der Waals surface area contributed by atoms with Crippen LogP contribution in [0.2, 0.25) is 0 Å². The van der Waals surface area contributed by atoms with Gasteiger partial charge in [0.25, 0.3) is 10.0 Å². The van der Waals surface area contributed by atoms with Crippen molar-refractivity contribution < 1.29 is 16.8 Å². The smallest absolute Gasteiger partial charge is 0.207 e. The van der Waals surface area contributed by atoms with Gasteiger partial charge in [0.2, 0.25) is 10.0 Å². The first-order valence-corrected chi connectivity index (χ1v) is 13.1. The lowest BCUT2D eigenvalue weighted by atomic mass is 9.87. The highest BCUT2D eigenvalue weighted by atomic mass is 32.2. The maximum absolute atomic E-state index is 13.3. The van der Waals surface area contributed by atoms with Gasteiger partial charge < -0.3 is 0 Å². The normalized spacial score (nSPS) is 19.2. The number of nitrogens with zero attached hydrogens (tertiary/aromatic N) is 3. The predicted molar refractivity (Wildman–Crippen MR) is 117 cm³/mol. The molecule has 0 N–H and O–H groups in total. The lowest BCUT2D eigenvalue weighted by Gasteiger charge is -2.30. The molecule has 1 aliphatic heterocycles. The van der Waals surface area contributed by atoms with Crippen LogP contribution in [0, 0.1) is 19.8 Å². The van der Waals surface area contributed by atoms with E-state index >= 15 is 0 Å². The van der Waals surface area contributed by atoms with Crippen LogP contribution in [0.4, 0.5) is 0 Å². The number of piperidine rings is 1. The van der Waals surface area contributed by atoms with Crippen LogP contribution in [0.3, 0.4) is 0 Å². The Hall–Kier alpha value is -1.71. The van der Waals surface area contributed by atoms with Crippen molar-refractivity contribution >= 4 is 20.0 Å². The van der Waals surface area contributed by atoms with Crippen molar-refractivity contribution in [2.45, 2.75) is 69.6 Å². The zero-order valence-electron chi connectivity index (χ0n) is 18.5. The first-order chi connectivity index (χ1) is 13.8. The molecule has 1 atom stereocenters. The van der Waals surface area contributed by atoms with E-state index in [2.05, 4.69) is 25.9 Å². The number of aromatic nitrogens is 2. The predicted octanol–water partition coefficient (Wildman–Crippen LogP) is 3.46. The van der Waals surface area contributed by atoms with E-state index in [9.17, 15) is 16.8 Å². The highest BCUT2D eigenvalue weighted by Gasteiger charge is 2.35. The molecule has 2 aromatic rings. The number of rotatable bonds is 4. The quantitative estimate of drug-likeness (QED) is 0.707. The molecular formula is C21H31N3O4S2. The summed E-state index contributed by atoms with van der Waals surface area (Å²) < 4.78 is 55.3. The van der Waals surface area contributed by atoms with Gasteiger partial charge in [0.15, 0.2) is 0 Å². The van der Waals surface area contributed by atoms with E-state index in [1.165, 1.54) is 11.2 Å². The van der Waals surface area contributed by atoms with Gasteiger partial charge in [-0.3, -0.25) is 0 Å². The van der Waals surface area contributed by atoms with Crippen LogP contribution < -0.4 is 0 Å². The molecule has 1 aromatic heterocycles. The molecule has 30 heavy (non-hydrogen) atoms. The maximum Gasteiger partial charge on any atom is 0.283 e. The Bertz CT molecular complexity index is 1140. The fourth-order valence-corrected chi connectivity index (χ4v) is 7.30. The summed E-state index contributed by atoms with van der Waals surface area (Å²) in [4.78, 5) is 0.0723. The van der Waals surface area contributed by atoms with E-state index in [4.69, 9.17) is 0 Å². The first-order valence-electron chi connectivity index (χ1n) is 10.2. The summed E-state index contributed by atoms with van der Waals surface area (Å²) in [6.07, 6.45) is 1.78. The summed E-state index contributed by atoms with van der Waals surface area (Å²) in [5.41, 5.74) is 1.22. The van der Waals surface area contributed by atoms with Gasteiger partial charge in [0, 0.05) is 13.1 Å². The van der Waals surface area contributed by atoms with Crippen molar-refractivity contribution in [3.63, 3.8) is 0 Å². The number of hydrogen-bond acceptors (Lipinski definition) is 5. The third-order valence-corrected chi connectivity index (χ3v) is 9.45. The van der Waals surface area contributed by atoms with Gasteiger partial charge in [-0.05, 0) is 55.7 Å². The van der Waals surface area contributed by atoms with E-state index in [0.29, 0.717) is 13.1 Å². The largest absolute Gasteiger partial charge is 0.283 e. The molecule has 2 heterocycles.